The van der Waals surface area contributed by atoms with E-state index in [0.29, 0.717) is 31.7 Å². The van der Waals surface area contributed by atoms with Crippen LogP contribution in [0.15, 0.2) is 0 Å². The van der Waals surface area contributed by atoms with E-state index in [-0.39, 0.29) is 22.4 Å². The Bertz CT molecular complexity index is 293. The van der Waals surface area contributed by atoms with Crippen molar-refractivity contribution < 1.29 is 31.5 Å². The molecule has 0 amide bonds. The van der Waals surface area contributed by atoms with Gasteiger partial charge < -0.3 is 4.43 Å². The molecule has 0 N–H and O–H groups in total. The van der Waals surface area contributed by atoms with Crippen molar-refractivity contribution in [3.63, 3.8) is 0 Å². The van der Waals surface area contributed by atoms with Gasteiger partial charge in [-0.15, -0.1) is 31.7 Å². The van der Waals surface area contributed by atoms with E-state index in [9.17, 15) is 0 Å². The summed E-state index contributed by atoms with van der Waals surface area (Å²) in [6.07, 6.45) is 13.0. The minimum absolute atomic E-state index is 0. The number of rotatable bonds is 7. The van der Waals surface area contributed by atoms with Gasteiger partial charge in [0.2, 0.25) is 0 Å². The van der Waals surface area contributed by atoms with Crippen molar-refractivity contribution in [1.82, 2.24) is 0 Å². The first-order valence-electron chi connectivity index (χ1n) is 8.24. The third-order valence-corrected chi connectivity index (χ3v) is 8.26. The molecule has 0 aromatic carbocycles. The van der Waals surface area contributed by atoms with Gasteiger partial charge in [-0.3, -0.25) is 0 Å². The van der Waals surface area contributed by atoms with E-state index in [1.54, 1.807) is 0 Å². The van der Waals surface area contributed by atoms with Gasteiger partial charge in [-0.1, -0.05) is 6.42 Å². The standard InChI is InChI=1S/2C6H16P2.C5H10OSi.CO.Ta/c2*1-7(2)5-6-8(3)4;1-5-6-7(2,3)4;1-2;/h2*5-6H2,1-4H3;1H,2-4H3;;. The van der Waals surface area contributed by atoms with Gasteiger partial charge >= 0.3 is 11.3 Å². The molecule has 0 unspecified atom stereocenters. The molecule has 0 aromatic rings. The summed E-state index contributed by atoms with van der Waals surface area (Å²) < 4.78 is 12.4. The molecule has 0 aliphatic rings. The number of terminal acetylenes is 1. The Hall–Kier alpha value is 1.78. The van der Waals surface area contributed by atoms with E-state index in [2.05, 4.69) is 66.1 Å². The van der Waals surface area contributed by atoms with Gasteiger partial charge in [0.15, 0.2) is 0 Å². The van der Waals surface area contributed by atoms with Gasteiger partial charge in [0.25, 0.3) is 8.32 Å². The first-order valence-corrected chi connectivity index (χ1v) is 21.3. The van der Waals surface area contributed by atoms with E-state index in [0.717, 1.165) is 0 Å². The predicted molar refractivity (Wildman–Crippen MR) is 132 cm³/mol. The normalized spacial score (nSPS) is 9.69. The van der Waals surface area contributed by atoms with Crippen LogP contribution in [0.2, 0.25) is 19.6 Å². The molecule has 2 nitrogen and oxygen atoms in total. The third kappa shape index (κ3) is 63.6. The van der Waals surface area contributed by atoms with Crippen molar-refractivity contribution >= 4 is 40.0 Å². The maximum Gasteiger partial charge on any atom is 0 e. The van der Waals surface area contributed by atoms with Crippen LogP contribution in [0.3, 0.4) is 0 Å². The van der Waals surface area contributed by atoms with Crippen LogP contribution in [-0.4, -0.2) is 86.3 Å². The Morgan fingerprint density at radius 2 is 0.923 bits per heavy atom. The second-order valence-corrected chi connectivity index (χ2v) is 22.4. The van der Waals surface area contributed by atoms with Crippen molar-refractivity contribution in [1.29, 1.82) is 0 Å². The molecule has 0 bridgehead atoms. The van der Waals surface area contributed by atoms with Gasteiger partial charge in [-0.05, 0) is 97.6 Å². The van der Waals surface area contributed by atoms with Crippen LogP contribution in [0.5, 0.6) is 0 Å². The van der Waals surface area contributed by atoms with Gasteiger partial charge in [0.05, 0.1) is 6.11 Å². The third-order valence-electron chi connectivity index (χ3n) is 2.35. The molecule has 0 rings (SSSR count). The topological polar surface area (TPSA) is 29.1 Å². The molecule has 0 spiro atoms. The Balaban J connectivity index is -0.0000000795. The van der Waals surface area contributed by atoms with Gasteiger partial charge in [-0.25, -0.2) is 0 Å². The zero-order chi connectivity index (χ0) is 21.1. The van der Waals surface area contributed by atoms with Crippen molar-refractivity contribution in [2.24, 2.45) is 0 Å². The second kappa shape index (κ2) is 26.8. The summed E-state index contributed by atoms with van der Waals surface area (Å²) in [5.41, 5.74) is 0. The molecule has 155 valence electrons. The van der Waals surface area contributed by atoms with Crippen LogP contribution in [-0.2, 0) is 31.5 Å². The molecular weight excluding hydrogens is 581 g/mol. The van der Waals surface area contributed by atoms with E-state index in [1.165, 1.54) is 24.6 Å². The molecular formula is C18H42O2P4SiTa. The molecule has 0 aromatic heterocycles. The van der Waals surface area contributed by atoms with Crippen molar-refractivity contribution in [2.75, 3.05) is 78.0 Å². The van der Waals surface area contributed by atoms with Crippen LogP contribution >= 0.6 is 31.7 Å². The van der Waals surface area contributed by atoms with Crippen LogP contribution in [0.4, 0.5) is 0 Å². The Kier molecular flexibility index (Phi) is 39.5. The maximum atomic E-state index is 7.50. The maximum absolute atomic E-state index is 7.50. The van der Waals surface area contributed by atoms with Crippen molar-refractivity contribution in [2.45, 2.75) is 19.6 Å². The minimum Gasteiger partial charge on any atom is 0 e. The smallest absolute Gasteiger partial charge is 0 e. The summed E-state index contributed by atoms with van der Waals surface area (Å²) in [5, 5.41) is 0. The monoisotopic (exact) mass is 623 g/mol. The number of hydrogen-bond donors (Lipinski definition) is 0. The van der Waals surface area contributed by atoms with Crippen LogP contribution in [0, 0.1) is 19.2 Å². The molecule has 0 saturated carbocycles. The molecule has 0 fully saturated rings. The van der Waals surface area contributed by atoms with Crippen molar-refractivity contribution in [3.05, 3.63) is 6.65 Å². The minimum atomic E-state index is -1.39. The molecule has 0 atom stereocenters. The zero-order valence-electron chi connectivity index (χ0n) is 19.0. The molecule has 0 saturated heterocycles. The summed E-state index contributed by atoms with van der Waals surface area (Å²) in [5.74, 6) is 0. The average molecular weight is 623 g/mol. The fourth-order valence-corrected chi connectivity index (χ4v) is 7.73. The van der Waals surface area contributed by atoms with Crippen LogP contribution in [0.25, 0.3) is 0 Å². The quantitative estimate of drug-likeness (QED) is 0.107. The Morgan fingerprint density at radius 3 is 0.962 bits per heavy atom. The summed E-state index contributed by atoms with van der Waals surface area (Å²) >= 11 is 0. The van der Waals surface area contributed by atoms with E-state index in [4.69, 9.17) is 15.5 Å². The Morgan fingerprint density at radius 1 is 0.731 bits per heavy atom. The average Bonchev–Trinajstić information content (AvgIpc) is 2.45. The summed E-state index contributed by atoms with van der Waals surface area (Å²) in [6.45, 7) is 29.5. The molecule has 0 aliphatic heterocycles. The first-order chi connectivity index (χ1) is 11.3. The first kappa shape index (κ1) is 38.4. The fraction of sp³-hybridized carbons (Fsp3) is 0.833. The summed E-state index contributed by atoms with van der Waals surface area (Å²) in [7, 11) is 0.140. The van der Waals surface area contributed by atoms with Gasteiger partial charge in [-0.2, -0.15) is 0 Å². The molecule has 1 radical (unpaired) electrons. The van der Waals surface area contributed by atoms with E-state index >= 15 is 0 Å². The predicted octanol–water partition coefficient (Wildman–Crippen LogP) is 6.33. The molecule has 0 heterocycles. The van der Waals surface area contributed by atoms with E-state index < -0.39 is 8.32 Å². The molecule has 0 aliphatic carbocycles. The van der Waals surface area contributed by atoms with Gasteiger partial charge in [0.1, 0.15) is 0 Å². The van der Waals surface area contributed by atoms with Crippen LogP contribution in [0.1, 0.15) is 0 Å². The summed E-state index contributed by atoms with van der Waals surface area (Å²) in [6, 6.07) is 0. The second-order valence-electron chi connectivity index (χ2n) is 7.55. The van der Waals surface area contributed by atoms with E-state index in [1.807, 2.05) is 19.6 Å². The Labute approximate surface area is 187 Å². The SMILES string of the molecule is C#CO[Si](C)(C)C.CP(C)CCP(C)C.CP(C)CCP(C)C.[C-]#[O+].[Ta]. The zero-order valence-corrected chi connectivity index (χ0v) is 26.7. The van der Waals surface area contributed by atoms with Crippen LogP contribution < -0.4 is 0 Å². The molecule has 8 heteroatoms. The summed E-state index contributed by atoms with van der Waals surface area (Å²) in [4.78, 5) is 0. The number of hydrogen-bond acceptors (Lipinski definition) is 1. The van der Waals surface area contributed by atoms with Crippen molar-refractivity contribution in [3.8, 4) is 12.5 Å². The largest absolute Gasteiger partial charge is 0 e. The molecule has 26 heavy (non-hydrogen) atoms. The van der Waals surface area contributed by atoms with Gasteiger partial charge in [0, 0.05) is 22.4 Å². The fourth-order valence-electron chi connectivity index (χ4n) is 0.977.